The summed E-state index contributed by atoms with van der Waals surface area (Å²) in [7, 11) is 0. The summed E-state index contributed by atoms with van der Waals surface area (Å²) in [6, 6.07) is 0. The molecule has 2 N–H and O–H groups in total. The van der Waals surface area contributed by atoms with E-state index in [0.29, 0.717) is 6.61 Å². The maximum absolute atomic E-state index is 10.4. The molecule has 82 valence electrons. The van der Waals surface area contributed by atoms with Gasteiger partial charge in [-0.05, 0) is 25.5 Å². The summed E-state index contributed by atoms with van der Waals surface area (Å²) in [5.41, 5.74) is 5.21. The third-order valence-corrected chi connectivity index (χ3v) is 1.96. The zero-order valence-corrected chi connectivity index (χ0v) is 9.00. The molecule has 0 bridgehead atoms. The molecular weight excluding hydrogens is 178 g/mol. The van der Waals surface area contributed by atoms with Crippen molar-refractivity contribution in [2.24, 2.45) is 5.73 Å². The topological polar surface area (TPSA) is 52.3 Å². The van der Waals surface area contributed by atoms with Crippen LogP contribution in [0.5, 0.6) is 0 Å². The lowest BCUT2D eigenvalue weighted by atomic mass is 10.1. The first kappa shape index (κ1) is 13.0. The van der Waals surface area contributed by atoms with Gasteiger partial charge in [-0.1, -0.05) is 25.3 Å². The summed E-state index contributed by atoms with van der Waals surface area (Å²) < 4.78 is 4.82. The highest BCUT2D eigenvalue weighted by Crippen LogP contribution is 2.05. The van der Waals surface area contributed by atoms with Crippen LogP contribution in [0.3, 0.4) is 0 Å². The Morgan fingerprint density at radius 2 is 1.86 bits per heavy atom. The number of ether oxygens (including phenoxy) is 1. The Morgan fingerprint density at radius 1 is 1.21 bits per heavy atom. The van der Waals surface area contributed by atoms with Gasteiger partial charge in [0.2, 0.25) is 0 Å². The number of carbonyl (C=O) groups excluding carboxylic acids is 1. The molecule has 0 fully saturated rings. The van der Waals surface area contributed by atoms with Crippen molar-refractivity contribution < 1.29 is 9.53 Å². The van der Waals surface area contributed by atoms with E-state index in [1.165, 1.54) is 26.2 Å². The Hall–Kier alpha value is -0.990. The molecule has 0 radical (unpaired) electrons. The van der Waals surface area contributed by atoms with Crippen molar-refractivity contribution in [3.63, 3.8) is 0 Å². The molecule has 0 aromatic rings. The molecule has 0 atom stereocenters. The molecule has 0 saturated heterocycles. The summed E-state index contributed by atoms with van der Waals surface area (Å²) in [6.07, 6.45) is 10.4. The summed E-state index contributed by atoms with van der Waals surface area (Å²) in [4.78, 5) is 10.4. The number of unbranched alkanes of at least 4 members (excludes halogenated alkanes) is 5. The molecule has 0 aromatic carbocycles. The third-order valence-electron chi connectivity index (χ3n) is 1.96. The first-order valence-corrected chi connectivity index (χ1v) is 5.27. The molecule has 3 heteroatoms. The van der Waals surface area contributed by atoms with Gasteiger partial charge in [0.25, 0.3) is 0 Å². The van der Waals surface area contributed by atoms with E-state index in [0.717, 1.165) is 19.3 Å². The van der Waals surface area contributed by atoms with Crippen molar-refractivity contribution in [3.05, 3.63) is 12.3 Å². The Kier molecular flexibility index (Phi) is 9.38. The number of nitrogens with two attached hydrogens (primary N) is 1. The van der Waals surface area contributed by atoms with Gasteiger partial charge >= 0.3 is 5.97 Å². The number of esters is 1. The highest BCUT2D eigenvalue weighted by Gasteiger charge is 1.93. The lowest BCUT2D eigenvalue weighted by Gasteiger charge is -2.01. The second-order valence-corrected chi connectivity index (χ2v) is 3.32. The first-order valence-electron chi connectivity index (χ1n) is 5.27. The van der Waals surface area contributed by atoms with E-state index in [1.54, 1.807) is 6.20 Å². The molecule has 0 aliphatic carbocycles. The Bertz CT molecular complexity index is 167. The largest absolute Gasteiger partial charge is 0.466 e. The number of hydrogen-bond donors (Lipinski definition) is 1. The van der Waals surface area contributed by atoms with Gasteiger partial charge in [0.15, 0.2) is 0 Å². The molecular formula is C11H21NO2. The monoisotopic (exact) mass is 199 g/mol. The number of hydrogen-bond acceptors (Lipinski definition) is 3. The van der Waals surface area contributed by atoms with E-state index in [4.69, 9.17) is 10.5 Å². The molecule has 0 rings (SSSR count). The van der Waals surface area contributed by atoms with Gasteiger partial charge in [-0.15, -0.1) is 0 Å². The number of carbonyl (C=O) groups is 1. The van der Waals surface area contributed by atoms with E-state index in [9.17, 15) is 4.79 Å². The van der Waals surface area contributed by atoms with Gasteiger partial charge < -0.3 is 10.5 Å². The summed E-state index contributed by atoms with van der Waals surface area (Å²) in [5.74, 6) is -0.182. The van der Waals surface area contributed by atoms with Crippen molar-refractivity contribution >= 4 is 5.97 Å². The Balaban J connectivity index is 2.95. The molecule has 14 heavy (non-hydrogen) atoms. The zero-order chi connectivity index (χ0) is 10.6. The predicted molar refractivity (Wildman–Crippen MR) is 57.7 cm³/mol. The van der Waals surface area contributed by atoms with Crippen LogP contribution in [0.1, 0.15) is 45.4 Å². The lowest BCUT2D eigenvalue weighted by Crippen LogP contribution is -1.99. The summed E-state index contributed by atoms with van der Waals surface area (Å²) in [5, 5.41) is 0. The predicted octanol–water partition coefficient (Wildman–Crippen LogP) is 2.36. The van der Waals surface area contributed by atoms with Crippen LogP contribution in [-0.2, 0) is 9.53 Å². The minimum Gasteiger partial charge on any atom is -0.466 e. The molecule has 0 saturated carbocycles. The van der Waals surface area contributed by atoms with Crippen molar-refractivity contribution in [1.29, 1.82) is 0 Å². The molecule has 0 aliphatic rings. The fraction of sp³-hybridized carbons (Fsp3) is 0.727. The molecule has 0 unspecified atom stereocenters. The highest BCUT2D eigenvalue weighted by molar-refractivity contribution is 5.65. The smallest absolute Gasteiger partial charge is 0.302 e. The van der Waals surface area contributed by atoms with Crippen LogP contribution in [0.25, 0.3) is 0 Å². The minimum atomic E-state index is -0.182. The second kappa shape index (κ2) is 10.1. The van der Waals surface area contributed by atoms with Gasteiger partial charge in [0, 0.05) is 6.92 Å². The van der Waals surface area contributed by atoms with Crippen LogP contribution < -0.4 is 5.73 Å². The maximum Gasteiger partial charge on any atom is 0.302 e. The van der Waals surface area contributed by atoms with Crippen LogP contribution in [-0.4, -0.2) is 12.6 Å². The van der Waals surface area contributed by atoms with Gasteiger partial charge in [-0.2, -0.15) is 0 Å². The van der Waals surface area contributed by atoms with Gasteiger partial charge in [0.05, 0.1) is 6.61 Å². The van der Waals surface area contributed by atoms with Gasteiger partial charge in [0.1, 0.15) is 0 Å². The van der Waals surface area contributed by atoms with Crippen LogP contribution in [0.2, 0.25) is 0 Å². The average Bonchev–Trinajstić information content (AvgIpc) is 2.15. The molecule has 0 aromatic heterocycles. The van der Waals surface area contributed by atoms with E-state index < -0.39 is 0 Å². The fourth-order valence-corrected chi connectivity index (χ4v) is 1.21. The number of allylic oxidation sites excluding steroid dienone is 1. The minimum absolute atomic E-state index is 0.182. The second-order valence-electron chi connectivity index (χ2n) is 3.32. The van der Waals surface area contributed by atoms with Gasteiger partial charge in [-0.3, -0.25) is 4.79 Å². The van der Waals surface area contributed by atoms with Crippen molar-refractivity contribution in [1.82, 2.24) is 0 Å². The fourth-order valence-electron chi connectivity index (χ4n) is 1.21. The maximum atomic E-state index is 10.4. The van der Waals surface area contributed by atoms with E-state index in [2.05, 4.69) is 0 Å². The molecule has 0 aliphatic heterocycles. The molecule has 3 nitrogen and oxygen atoms in total. The summed E-state index contributed by atoms with van der Waals surface area (Å²) in [6.45, 7) is 2.01. The Labute approximate surface area is 86.3 Å². The molecule has 0 heterocycles. The normalized spacial score (nSPS) is 10.6. The number of rotatable bonds is 8. The first-order chi connectivity index (χ1) is 6.77. The standard InChI is InChI=1S/C11H21NO2/c1-11(13)14-10-8-6-4-2-3-5-7-9-12/h7,9H,2-6,8,10,12H2,1H3/b9-7+. The van der Waals surface area contributed by atoms with Crippen LogP contribution in [0, 0.1) is 0 Å². The highest BCUT2D eigenvalue weighted by atomic mass is 16.5. The molecule has 0 spiro atoms. The molecule has 0 amide bonds. The quantitative estimate of drug-likeness (QED) is 0.482. The van der Waals surface area contributed by atoms with Crippen molar-refractivity contribution in [2.45, 2.75) is 45.4 Å². The van der Waals surface area contributed by atoms with Crippen LogP contribution in [0.15, 0.2) is 12.3 Å². The van der Waals surface area contributed by atoms with Crippen LogP contribution >= 0.6 is 0 Å². The van der Waals surface area contributed by atoms with Crippen molar-refractivity contribution in [3.8, 4) is 0 Å². The van der Waals surface area contributed by atoms with Crippen molar-refractivity contribution in [2.75, 3.05) is 6.61 Å². The summed E-state index contributed by atoms with van der Waals surface area (Å²) >= 11 is 0. The lowest BCUT2D eigenvalue weighted by molar-refractivity contribution is -0.141. The van der Waals surface area contributed by atoms with E-state index >= 15 is 0 Å². The van der Waals surface area contributed by atoms with E-state index in [-0.39, 0.29) is 5.97 Å². The van der Waals surface area contributed by atoms with Gasteiger partial charge in [-0.25, -0.2) is 0 Å². The van der Waals surface area contributed by atoms with E-state index in [1.807, 2.05) is 6.08 Å². The SMILES string of the molecule is CC(=O)OCCCCCCC/C=C/N. The third kappa shape index (κ3) is 11.0. The van der Waals surface area contributed by atoms with Crippen LogP contribution in [0.4, 0.5) is 0 Å². The Morgan fingerprint density at radius 3 is 2.50 bits per heavy atom. The average molecular weight is 199 g/mol. The zero-order valence-electron chi connectivity index (χ0n) is 9.00.